The zero-order valence-corrected chi connectivity index (χ0v) is 37.2. The highest BCUT2D eigenvalue weighted by Gasteiger charge is 2.26. The van der Waals surface area contributed by atoms with Gasteiger partial charge in [-0.2, -0.15) is 0 Å². The molecule has 0 amide bonds. The van der Waals surface area contributed by atoms with Crippen LogP contribution in [0.4, 0.5) is 0 Å². The van der Waals surface area contributed by atoms with E-state index in [9.17, 15) is 19.0 Å². The average molecular weight is 822 g/mol. The normalized spacial score (nSPS) is 13.8. The first kappa shape index (κ1) is 54.7. The Morgan fingerprint density at radius 3 is 1.46 bits per heavy atom. The lowest BCUT2D eigenvalue weighted by atomic mass is 10.1. The van der Waals surface area contributed by atoms with E-state index in [1.807, 2.05) is 6.08 Å². The maximum Gasteiger partial charge on any atom is 0.472 e. The maximum absolute atomic E-state index is 12.6. The van der Waals surface area contributed by atoms with E-state index in [0.717, 1.165) is 44.9 Å². The van der Waals surface area contributed by atoms with Crippen LogP contribution < -0.4 is 5.73 Å². The van der Waals surface area contributed by atoms with Crippen LogP contribution in [0.5, 0.6) is 0 Å². The van der Waals surface area contributed by atoms with Gasteiger partial charge in [0, 0.05) is 19.4 Å². The molecule has 2 atom stereocenters. The first-order valence-electron chi connectivity index (χ1n) is 22.8. The van der Waals surface area contributed by atoms with Crippen LogP contribution in [0.25, 0.3) is 0 Å². The first-order chi connectivity index (χ1) is 27.8. The molecule has 0 aliphatic carbocycles. The quantitative estimate of drug-likeness (QED) is 0.0267. The molecular weight excluding hydrogens is 737 g/mol. The lowest BCUT2D eigenvalue weighted by Gasteiger charge is -2.19. The minimum atomic E-state index is -4.39. The van der Waals surface area contributed by atoms with Crippen molar-refractivity contribution < 1.29 is 37.6 Å². The van der Waals surface area contributed by atoms with Crippen molar-refractivity contribution in [1.82, 2.24) is 0 Å². The fourth-order valence-corrected chi connectivity index (χ4v) is 6.74. The number of hydrogen-bond donors (Lipinski definition) is 2. The monoisotopic (exact) mass is 822 g/mol. The van der Waals surface area contributed by atoms with Gasteiger partial charge < -0.3 is 20.1 Å². The van der Waals surface area contributed by atoms with Gasteiger partial charge in [-0.15, -0.1) is 0 Å². The molecule has 3 N–H and O–H groups in total. The zero-order chi connectivity index (χ0) is 41.8. The average Bonchev–Trinajstić information content (AvgIpc) is 3.20. The molecule has 0 aliphatic rings. The summed E-state index contributed by atoms with van der Waals surface area (Å²) in [6.45, 7) is 3.64. The molecule has 0 aromatic heterocycles. The Labute approximate surface area is 349 Å². The molecule has 1 unspecified atom stereocenters. The van der Waals surface area contributed by atoms with E-state index in [1.165, 1.54) is 109 Å². The van der Waals surface area contributed by atoms with E-state index < -0.39 is 32.5 Å². The van der Waals surface area contributed by atoms with Crippen molar-refractivity contribution >= 4 is 19.8 Å². The Morgan fingerprint density at radius 2 is 0.930 bits per heavy atom. The summed E-state index contributed by atoms with van der Waals surface area (Å²) in [6, 6.07) is 0. The van der Waals surface area contributed by atoms with Crippen molar-refractivity contribution in [3.05, 3.63) is 60.8 Å². The summed E-state index contributed by atoms with van der Waals surface area (Å²) in [7, 11) is -4.39. The van der Waals surface area contributed by atoms with Crippen LogP contribution in [-0.4, -0.2) is 49.3 Å². The molecule has 0 saturated carbocycles. The third-order valence-electron chi connectivity index (χ3n) is 9.38. The zero-order valence-electron chi connectivity index (χ0n) is 36.3. The molecule has 0 heterocycles. The van der Waals surface area contributed by atoms with Crippen LogP contribution in [0.15, 0.2) is 60.8 Å². The third kappa shape index (κ3) is 43.1. The number of carbonyl (C=O) groups is 2. The Kier molecular flexibility index (Phi) is 41.6. The summed E-state index contributed by atoms with van der Waals surface area (Å²) in [5, 5.41) is 0. The van der Waals surface area contributed by atoms with Gasteiger partial charge in [0.1, 0.15) is 6.61 Å². The van der Waals surface area contributed by atoms with Gasteiger partial charge in [-0.3, -0.25) is 18.6 Å². The van der Waals surface area contributed by atoms with Crippen LogP contribution in [0, 0.1) is 0 Å². The van der Waals surface area contributed by atoms with Gasteiger partial charge in [0.2, 0.25) is 0 Å². The van der Waals surface area contributed by atoms with Gasteiger partial charge >= 0.3 is 19.8 Å². The smallest absolute Gasteiger partial charge is 0.462 e. The second-order valence-corrected chi connectivity index (χ2v) is 16.4. The predicted octanol–water partition coefficient (Wildman–Crippen LogP) is 13.3. The molecule has 0 bridgehead atoms. The van der Waals surface area contributed by atoms with Gasteiger partial charge in [-0.1, -0.05) is 164 Å². The molecule has 10 heteroatoms. The minimum Gasteiger partial charge on any atom is -0.462 e. The number of allylic oxidation sites excluding steroid dienone is 10. The standard InChI is InChI=1S/C47H84NO8P/c1-3-5-7-9-11-13-15-17-19-21-22-24-26-28-30-32-34-36-38-40-47(50)56-45(44-55-57(51,52)54-42-41-48)43-53-46(49)39-37-35-33-31-29-27-25-23-20-18-16-14-12-10-8-6-4-2/h12,14,17-20,25,27,31,33,45H,3-11,13,15-16,21-24,26,28-30,32,34-44,48H2,1-2H3,(H,51,52)/b14-12+,19-17+,20-18+,27-25+,33-31+/t45-/m1/s1. The summed E-state index contributed by atoms with van der Waals surface area (Å²) in [4.78, 5) is 34.9. The minimum absolute atomic E-state index is 0.0439. The third-order valence-corrected chi connectivity index (χ3v) is 10.4. The van der Waals surface area contributed by atoms with Crippen molar-refractivity contribution in [3.63, 3.8) is 0 Å². The molecule has 0 aliphatic heterocycles. The van der Waals surface area contributed by atoms with E-state index in [-0.39, 0.29) is 32.6 Å². The van der Waals surface area contributed by atoms with Crippen LogP contribution >= 0.6 is 7.82 Å². The number of phosphoric ester groups is 1. The van der Waals surface area contributed by atoms with Crippen LogP contribution in [0.2, 0.25) is 0 Å². The largest absolute Gasteiger partial charge is 0.472 e. The number of phosphoric acid groups is 1. The number of rotatable bonds is 42. The summed E-state index contributed by atoms with van der Waals surface area (Å²) in [6.07, 6.45) is 51.1. The van der Waals surface area contributed by atoms with Crippen LogP contribution in [0.3, 0.4) is 0 Å². The van der Waals surface area contributed by atoms with E-state index in [2.05, 4.69) is 68.5 Å². The fourth-order valence-electron chi connectivity index (χ4n) is 5.97. The van der Waals surface area contributed by atoms with Gasteiger partial charge in [-0.05, 0) is 77.0 Å². The number of ether oxygens (including phenoxy) is 2. The fraction of sp³-hybridized carbons (Fsp3) is 0.745. The molecule has 0 radical (unpaired) electrons. The Balaban J connectivity index is 4.21. The molecule has 0 spiro atoms. The van der Waals surface area contributed by atoms with E-state index in [1.54, 1.807) is 0 Å². The van der Waals surface area contributed by atoms with Gasteiger partial charge in [0.15, 0.2) is 6.10 Å². The highest BCUT2D eigenvalue weighted by Crippen LogP contribution is 2.43. The number of unbranched alkanes of at least 4 members (excludes halogenated alkanes) is 19. The van der Waals surface area contributed by atoms with Crippen LogP contribution in [0.1, 0.15) is 194 Å². The summed E-state index contributed by atoms with van der Waals surface area (Å²) < 4.78 is 32.8. The summed E-state index contributed by atoms with van der Waals surface area (Å²) in [5.41, 5.74) is 5.35. The van der Waals surface area contributed by atoms with Crippen molar-refractivity contribution in [3.8, 4) is 0 Å². The van der Waals surface area contributed by atoms with Gasteiger partial charge in [0.05, 0.1) is 13.2 Å². The first-order valence-corrected chi connectivity index (χ1v) is 24.3. The predicted molar refractivity (Wildman–Crippen MR) is 238 cm³/mol. The topological polar surface area (TPSA) is 134 Å². The van der Waals surface area contributed by atoms with E-state index in [0.29, 0.717) is 12.8 Å². The molecule has 0 fully saturated rings. The van der Waals surface area contributed by atoms with E-state index in [4.69, 9.17) is 24.3 Å². The number of nitrogens with two attached hydrogens (primary N) is 1. The molecule has 0 aromatic rings. The molecule has 57 heavy (non-hydrogen) atoms. The Morgan fingerprint density at radius 1 is 0.526 bits per heavy atom. The van der Waals surface area contributed by atoms with Crippen molar-refractivity contribution in [2.24, 2.45) is 5.73 Å². The highest BCUT2D eigenvalue weighted by atomic mass is 31.2. The second kappa shape index (κ2) is 43.3. The number of esters is 2. The van der Waals surface area contributed by atoms with Crippen molar-refractivity contribution in [2.75, 3.05) is 26.4 Å². The maximum atomic E-state index is 12.6. The summed E-state index contributed by atoms with van der Waals surface area (Å²) in [5.74, 6) is -0.897. The highest BCUT2D eigenvalue weighted by molar-refractivity contribution is 7.47. The number of hydrogen-bond acceptors (Lipinski definition) is 8. The SMILES string of the molecule is CCCCC/C=C/C/C=C/C/C=C/C/C=C/CCCC(=O)OC[C@H](COP(=O)(O)OCCN)OC(=O)CCCCCCCCCCC/C=C/CCCCCCCC. The van der Waals surface area contributed by atoms with Crippen molar-refractivity contribution in [2.45, 2.75) is 200 Å². The molecule has 0 rings (SSSR count). The number of carbonyl (C=O) groups excluding carboxylic acids is 2. The second-order valence-electron chi connectivity index (χ2n) is 14.9. The lowest BCUT2D eigenvalue weighted by molar-refractivity contribution is -0.161. The molecule has 0 aromatic carbocycles. The van der Waals surface area contributed by atoms with E-state index >= 15 is 0 Å². The van der Waals surface area contributed by atoms with Crippen LogP contribution in [-0.2, 0) is 32.7 Å². The van der Waals surface area contributed by atoms with Gasteiger partial charge in [-0.25, -0.2) is 4.57 Å². The molecule has 0 saturated heterocycles. The Hall–Kier alpha value is -2.29. The Bertz CT molecular complexity index is 1120. The lowest BCUT2D eigenvalue weighted by Crippen LogP contribution is -2.29. The van der Waals surface area contributed by atoms with Gasteiger partial charge in [0.25, 0.3) is 0 Å². The molecule has 330 valence electrons. The van der Waals surface area contributed by atoms with Crippen molar-refractivity contribution in [1.29, 1.82) is 0 Å². The molecule has 9 nitrogen and oxygen atoms in total. The molecular formula is C47H84NO8P. The summed E-state index contributed by atoms with van der Waals surface area (Å²) >= 11 is 0.